The van der Waals surface area contributed by atoms with Crippen molar-refractivity contribution in [2.45, 2.75) is 64.1 Å². The lowest BCUT2D eigenvalue weighted by molar-refractivity contribution is 0.0277. The molecule has 0 amide bonds. The minimum atomic E-state index is -0.0177. The highest BCUT2D eigenvalue weighted by Crippen LogP contribution is 2.48. The summed E-state index contributed by atoms with van der Waals surface area (Å²) in [5.41, 5.74) is 2.35. The number of aromatic amines is 1. The lowest BCUT2D eigenvalue weighted by atomic mass is 9.70. The van der Waals surface area contributed by atoms with E-state index in [-0.39, 0.29) is 11.3 Å². The third kappa shape index (κ3) is 3.40. The van der Waals surface area contributed by atoms with Gasteiger partial charge < -0.3 is 15.0 Å². The summed E-state index contributed by atoms with van der Waals surface area (Å²) in [6.45, 7) is 6.90. The molecule has 2 heterocycles. The summed E-state index contributed by atoms with van der Waals surface area (Å²) in [5.74, 6) is 0. The lowest BCUT2D eigenvalue weighted by Gasteiger charge is -2.37. The van der Waals surface area contributed by atoms with Crippen molar-refractivity contribution in [3.63, 3.8) is 0 Å². The topological polar surface area (TPSA) is 59.0 Å². The van der Waals surface area contributed by atoms with Crippen LogP contribution >= 0.6 is 0 Å². The predicted octanol–water partition coefficient (Wildman–Crippen LogP) is 3.05. The predicted molar refractivity (Wildman–Crippen MR) is 99.9 cm³/mol. The molecule has 0 radical (unpaired) electrons. The van der Waals surface area contributed by atoms with Crippen molar-refractivity contribution in [2.75, 3.05) is 13.2 Å². The van der Waals surface area contributed by atoms with Gasteiger partial charge in [-0.1, -0.05) is 12.1 Å². The molecule has 25 heavy (non-hydrogen) atoms. The van der Waals surface area contributed by atoms with Gasteiger partial charge in [-0.05, 0) is 63.5 Å². The van der Waals surface area contributed by atoms with Crippen LogP contribution in [-0.4, -0.2) is 34.3 Å². The molecule has 1 aromatic heterocycles. The highest BCUT2D eigenvalue weighted by atomic mass is 16.5. The summed E-state index contributed by atoms with van der Waals surface area (Å²) in [7, 11) is 0. The summed E-state index contributed by atoms with van der Waals surface area (Å²) < 4.78 is 7.82. The molecule has 0 unspecified atom stereocenters. The molecule has 4 rings (SSSR count). The molecule has 0 atom stereocenters. The first-order chi connectivity index (χ1) is 12.0. The Morgan fingerprint density at radius 2 is 2.04 bits per heavy atom. The number of nitrogens with zero attached hydrogens (tertiary/aromatic N) is 1. The van der Waals surface area contributed by atoms with E-state index in [0.717, 1.165) is 24.2 Å². The standard InChI is InChI=1S/C20H29N3O2/c1-19(2)13-20(14-25-19)9-7-15(8-10-20)21-11-12-23-17-6-4-3-5-16(17)22-18(23)24/h3-6,15,21H,7-14H2,1-2H3,(H,22,24). The lowest BCUT2D eigenvalue weighted by Crippen LogP contribution is -2.40. The van der Waals surface area contributed by atoms with Crippen molar-refractivity contribution in [3.8, 4) is 0 Å². The number of nitrogens with one attached hydrogen (secondary N) is 2. The second-order valence-corrected chi connectivity index (χ2v) is 8.55. The number of fused-ring (bicyclic) bond motifs is 1. The Hall–Kier alpha value is -1.59. The Balaban J connectivity index is 1.30. The van der Waals surface area contributed by atoms with Gasteiger partial charge in [0.25, 0.3) is 0 Å². The van der Waals surface area contributed by atoms with E-state index in [4.69, 9.17) is 4.74 Å². The first-order valence-electron chi connectivity index (χ1n) is 9.51. The van der Waals surface area contributed by atoms with Gasteiger partial charge in [0.15, 0.2) is 0 Å². The van der Waals surface area contributed by atoms with Crippen molar-refractivity contribution in [3.05, 3.63) is 34.7 Å². The summed E-state index contributed by atoms with van der Waals surface area (Å²) >= 11 is 0. The number of imidazole rings is 1. The van der Waals surface area contributed by atoms with E-state index in [2.05, 4.69) is 24.1 Å². The highest BCUT2D eigenvalue weighted by Gasteiger charge is 2.45. The molecule has 0 bridgehead atoms. The SMILES string of the molecule is CC1(C)CC2(CCC(NCCn3c(=O)[nH]c4ccccc43)CC2)CO1. The van der Waals surface area contributed by atoms with E-state index in [1.54, 1.807) is 0 Å². The summed E-state index contributed by atoms with van der Waals surface area (Å²) in [6.07, 6.45) is 6.12. The molecule has 2 aromatic rings. The Kier molecular flexibility index (Phi) is 4.24. The first kappa shape index (κ1) is 16.9. The van der Waals surface area contributed by atoms with Gasteiger partial charge in [0.05, 0.1) is 23.2 Å². The van der Waals surface area contributed by atoms with Crippen molar-refractivity contribution in [1.29, 1.82) is 0 Å². The van der Waals surface area contributed by atoms with E-state index in [1.807, 2.05) is 28.8 Å². The van der Waals surface area contributed by atoms with Crippen LogP contribution in [-0.2, 0) is 11.3 Å². The van der Waals surface area contributed by atoms with Crippen molar-refractivity contribution >= 4 is 11.0 Å². The number of hydrogen-bond acceptors (Lipinski definition) is 3. The molecule has 1 saturated heterocycles. The Morgan fingerprint density at radius 3 is 2.76 bits per heavy atom. The van der Waals surface area contributed by atoms with E-state index in [1.165, 1.54) is 32.1 Å². The molecular formula is C20H29N3O2. The number of ether oxygens (including phenoxy) is 1. The van der Waals surface area contributed by atoms with Crippen LogP contribution in [0.1, 0.15) is 46.0 Å². The van der Waals surface area contributed by atoms with Crippen LogP contribution in [0.5, 0.6) is 0 Å². The third-order valence-corrected chi connectivity index (χ3v) is 6.07. The van der Waals surface area contributed by atoms with E-state index in [0.29, 0.717) is 18.0 Å². The van der Waals surface area contributed by atoms with Crippen LogP contribution < -0.4 is 11.0 Å². The molecule has 2 N–H and O–H groups in total. The highest BCUT2D eigenvalue weighted by molar-refractivity contribution is 5.74. The second kappa shape index (κ2) is 6.29. The summed E-state index contributed by atoms with van der Waals surface area (Å²) in [4.78, 5) is 15.0. The van der Waals surface area contributed by atoms with Crippen molar-refractivity contribution < 1.29 is 4.74 Å². The van der Waals surface area contributed by atoms with E-state index in [9.17, 15) is 4.79 Å². The van der Waals surface area contributed by atoms with E-state index >= 15 is 0 Å². The molecule has 5 heteroatoms. The fraction of sp³-hybridized carbons (Fsp3) is 0.650. The molecule has 2 fully saturated rings. The fourth-order valence-electron chi connectivity index (χ4n) is 4.82. The third-order valence-electron chi connectivity index (χ3n) is 6.07. The van der Waals surface area contributed by atoms with E-state index < -0.39 is 0 Å². The van der Waals surface area contributed by atoms with Gasteiger partial charge in [0.1, 0.15) is 0 Å². The zero-order valence-electron chi connectivity index (χ0n) is 15.3. The maximum Gasteiger partial charge on any atom is 0.326 e. The molecule has 1 aromatic carbocycles. The number of hydrogen-bond donors (Lipinski definition) is 2. The molecule has 5 nitrogen and oxygen atoms in total. The minimum absolute atomic E-state index is 0.0177. The Labute approximate surface area is 148 Å². The van der Waals surface area contributed by atoms with Gasteiger partial charge in [-0.15, -0.1) is 0 Å². The molecule has 1 spiro atoms. The molecule has 136 valence electrons. The number of para-hydroxylation sites is 2. The number of aromatic nitrogens is 2. The number of H-pyrrole nitrogens is 1. The maximum absolute atomic E-state index is 12.1. The second-order valence-electron chi connectivity index (χ2n) is 8.55. The monoisotopic (exact) mass is 343 g/mol. The Morgan fingerprint density at radius 1 is 1.28 bits per heavy atom. The minimum Gasteiger partial charge on any atom is -0.375 e. The van der Waals surface area contributed by atoms with Gasteiger partial charge in [0.2, 0.25) is 0 Å². The van der Waals surface area contributed by atoms with Gasteiger partial charge in [-0.25, -0.2) is 4.79 Å². The molecule has 1 aliphatic heterocycles. The van der Waals surface area contributed by atoms with Gasteiger partial charge in [0, 0.05) is 19.1 Å². The Bertz CT molecular complexity index is 797. The van der Waals surface area contributed by atoms with Crippen molar-refractivity contribution in [1.82, 2.24) is 14.9 Å². The van der Waals surface area contributed by atoms with Crippen LogP contribution in [0.2, 0.25) is 0 Å². The zero-order valence-corrected chi connectivity index (χ0v) is 15.3. The van der Waals surface area contributed by atoms with Crippen LogP contribution in [0.15, 0.2) is 29.1 Å². The molecule has 1 saturated carbocycles. The van der Waals surface area contributed by atoms with Gasteiger partial charge >= 0.3 is 5.69 Å². The van der Waals surface area contributed by atoms with Gasteiger partial charge in [-0.2, -0.15) is 0 Å². The average molecular weight is 343 g/mol. The summed E-state index contributed by atoms with van der Waals surface area (Å²) in [6, 6.07) is 8.44. The van der Waals surface area contributed by atoms with Gasteiger partial charge in [-0.3, -0.25) is 4.57 Å². The van der Waals surface area contributed by atoms with Crippen LogP contribution in [0.3, 0.4) is 0 Å². The maximum atomic E-state index is 12.1. The molecule has 1 aliphatic carbocycles. The van der Waals surface area contributed by atoms with Crippen LogP contribution in [0.25, 0.3) is 11.0 Å². The quantitative estimate of drug-likeness (QED) is 0.897. The normalized spacial score (nSPS) is 28.8. The average Bonchev–Trinajstić information content (AvgIpc) is 3.06. The van der Waals surface area contributed by atoms with Crippen LogP contribution in [0.4, 0.5) is 0 Å². The van der Waals surface area contributed by atoms with Crippen LogP contribution in [0, 0.1) is 5.41 Å². The zero-order chi connectivity index (χ0) is 17.5. The number of benzene rings is 1. The first-order valence-corrected chi connectivity index (χ1v) is 9.51. The smallest absolute Gasteiger partial charge is 0.326 e. The summed E-state index contributed by atoms with van der Waals surface area (Å²) in [5, 5.41) is 3.66. The molecular weight excluding hydrogens is 314 g/mol. The largest absolute Gasteiger partial charge is 0.375 e. The molecule has 2 aliphatic rings. The van der Waals surface area contributed by atoms with Crippen molar-refractivity contribution in [2.24, 2.45) is 5.41 Å². The number of rotatable bonds is 4. The fourth-order valence-corrected chi connectivity index (χ4v) is 4.82.